The lowest BCUT2D eigenvalue weighted by atomic mass is 10.1. The van der Waals surface area contributed by atoms with Crippen LogP contribution in [0.2, 0.25) is 5.02 Å². The van der Waals surface area contributed by atoms with E-state index < -0.39 is 40.5 Å². The van der Waals surface area contributed by atoms with Crippen molar-refractivity contribution in [1.29, 1.82) is 0 Å². The van der Waals surface area contributed by atoms with Gasteiger partial charge in [0.15, 0.2) is 6.61 Å². The minimum Gasteiger partial charge on any atom is -0.548 e. The number of sulfonamides is 1. The maximum Gasteiger partial charge on any atom is 0.255 e. The number of hydrogen-bond donors (Lipinski definition) is 2. The van der Waals surface area contributed by atoms with Gasteiger partial charge >= 0.3 is 0 Å². The van der Waals surface area contributed by atoms with Crippen molar-refractivity contribution in [3.63, 3.8) is 0 Å². The number of aliphatic carboxylic acids is 1. The largest absolute Gasteiger partial charge is 0.548 e. The molecule has 10 heteroatoms. The van der Waals surface area contributed by atoms with E-state index in [1.165, 1.54) is 19.9 Å². The Hall–Kier alpha value is -1.84. The fraction of sp³-hybridized carbons (Fsp3) is 0.429. The van der Waals surface area contributed by atoms with Crippen LogP contribution in [-0.4, -0.2) is 32.9 Å². The molecule has 8 nitrogen and oxygen atoms in total. The monoisotopic (exact) mass is 377 g/mol. The number of hydrogen-bond acceptors (Lipinski definition) is 6. The molecule has 1 aromatic rings. The first-order valence-corrected chi connectivity index (χ1v) is 8.76. The molecule has 1 rings (SSSR count). The minimum atomic E-state index is -4.26. The first-order valence-electron chi connectivity index (χ1n) is 6.90. The number of aryl methyl sites for hydroxylation is 1. The molecular formula is C14H18ClN2O6S-. The maximum absolute atomic E-state index is 12.4. The molecule has 0 saturated carbocycles. The van der Waals surface area contributed by atoms with Crippen molar-refractivity contribution in [3.8, 4) is 5.75 Å². The molecule has 0 aliphatic carbocycles. The second-order valence-electron chi connectivity index (χ2n) is 5.47. The third-order valence-electron chi connectivity index (χ3n) is 3.09. The van der Waals surface area contributed by atoms with Gasteiger partial charge in [-0.3, -0.25) is 4.79 Å². The summed E-state index contributed by atoms with van der Waals surface area (Å²) in [7, 11) is -4.26. The number of carbonyl (C=O) groups excluding carboxylic acids is 2. The van der Waals surface area contributed by atoms with Crippen molar-refractivity contribution in [2.45, 2.75) is 31.7 Å². The van der Waals surface area contributed by atoms with E-state index in [0.717, 1.165) is 6.07 Å². The predicted molar refractivity (Wildman–Crippen MR) is 84.8 cm³/mol. The first kappa shape index (κ1) is 20.2. The van der Waals surface area contributed by atoms with E-state index in [0.29, 0.717) is 5.56 Å². The third-order valence-corrected chi connectivity index (χ3v) is 5.00. The SMILES string of the molecule is Cc1cc(Cl)c(S(=O)(=O)N[C@@H](C(=O)[O-])C(C)C)cc1OCC(N)=O. The van der Waals surface area contributed by atoms with Crippen molar-refractivity contribution in [2.75, 3.05) is 6.61 Å². The van der Waals surface area contributed by atoms with E-state index >= 15 is 0 Å². The Bertz CT molecular complexity index is 748. The topological polar surface area (TPSA) is 139 Å². The lowest BCUT2D eigenvalue weighted by Gasteiger charge is -2.23. The average molecular weight is 378 g/mol. The number of halogens is 1. The molecule has 24 heavy (non-hydrogen) atoms. The number of carboxylic acid groups (broad SMARTS) is 1. The van der Waals surface area contributed by atoms with Crippen molar-refractivity contribution < 1.29 is 27.9 Å². The van der Waals surface area contributed by atoms with Gasteiger partial charge in [-0.2, -0.15) is 0 Å². The second kappa shape index (κ2) is 7.82. The van der Waals surface area contributed by atoms with Crippen LogP contribution in [0.15, 0.2) is 17.0 Å². The Morgan fingerprint density at radius 3 is 2.42 bits per heavy atom. The van der Waals surface area contributed by atoms with Gasteiger partial charge in [0.1, 0.15) is 10.6 Å². The van der Waals surface area contributed by atoms with E-state index in [2.05, 4.69) is 0 Å². The molecule has 0 radical (unpaired) electrons. The zero-order valence-corrected chi connectivity index (χ0v) is 14.9. The summed E-state index contributed by atoms with van der Waals surface area (Å²) in [6, 6.07) is 1.01. The van der Waals surface area contributed by atoms with Crippen LogP contribution in [0.5, 0.6) is 5.75 Å². The Kier molecular flexibility index (Phi) is 6.58. The lowest BCUT2D eigenvalue weighted by molar-refractivity contribution is -0.309. The van der Waals surface area contributed by atoms with E-state index in [4.69, 9.17) is 22.1 Å². The van der Waals surface area contributed by atoms with Gasteiger partial charge in [-0.05, 0) is 24.5 Å². The van der Waals surface area contributed by atoms with Crippen LogP contribution in [-0.2, 0) is 19.6 Å². The molecule has 0 fully saturated rings. The highest BCUT2D eigenvalue weighted by Crippen LogP contribution is 2.30. The van der Waals surface area contributed by atoms with Gasteiger partial charge in [0.25, 0.3) is 5.91 Å². The van der Waals surface area contributed by atoms with Crippen molar-refractivity contribution in [3.05, 3.63) is 22.7 Å². The predicted octanol–water partition coefficient (Wildman–Crippen LogP) is -0.435. The Morgan fingerprint density at radius 2 is 1.96 bits per heavy atom. The highest BCUT2D eigenvalue weighted by atomic mass is 35.5. The summed E-state index contributed by atoms with van der Waals surface area (Å²) >= 11 is 5.96. The minimum absolute atomic E-state index is 0.0909. The van der Waals surface area contributed by atoms with Gasteiger partial charge in [0.05, 0.1) is 17.0 Å². The molecule has 0 saturated heterocycles. The van der Waals surface area contributed by atoms with Crippen LogP contribution in [0.3, 0.4) is 0 Å². The third kappa shape index (κ3) is 5.08. The van der Waals surface area contributed by atoms with Gasteiger partial charge < -0.3 is 20.4 Å². The number of primary amides is 1. The number of ether oxygens (including phenoxy) is 1. The summed E-state index contributed by atoms with van der Waals surface area (Å²) in [5, 5.41) is 11.0. The standard InChI is InChI=1S/C14H19ClN2O6S/c1-7(2)13(14(19)20)17-24(21,22)11-5-10(23-6-12(16)18)8(3)4-9(11)15/h4-5,7,13,17H,6H2,1-3H3,(H2,16,18)(H,19,20)/p-1/t13-/m1/s1. The lowest BCUT2D eigenvalue weighted by Crippen LogP contribution is -2.50. The molecule has 1 atom stereocenters. The summed E-state index contributed by atoms with van der Waals surface area (Å²) in [4.78, 5) is 21.5. The number of nitrogens with two attached hydrogens (primary N) is 1. The molecule has 0 aliphatic rings. The maximum atomic E-state index is 12.4. The van der Waals surface area contributed by atoms with Crippen LogP contribution >= 0.6 is 11.6 Å². The van der Waals surface area contributed by atoms with Crippen molar-refractivity contribution in [1.82, 2.24) is 4.72 Å². The highest BCUT2D eigenvalue weighted by molar-refractivity contribution is 7.89. The highest BCUT2D eigenvalue weighted by Gasteiger charge is 2.26. The number of rotatable bonds is 8. The Labute approximate surface area is 145 Å². The van der Waals surface area contributed by atoms with Crippen LogP contribution in [0.25, 0.3) is 0 Å². The summed E-state index contributed by atoms with van der Waals surface area (Å²) in [6.45, 7) is 4.22. The van der Waals surface area contributed by atoms with E-state index in [-0.39, 0.29) is 15.7 Å². The molecule has 1 aromatic carbocycles. The average Bonchev–Trinajstić information content (AvgIpc) is 2.42. The molecule has 0 heterocycles. The number of benzene rings is 1. The van der Waals surface area contributed by atoms with Gasteiger partial charge in [-0.25, -0.2) is 13.1 Å². The summed E-state index contributed by atoms with van der Waals surface area (Å²) in [5.74, 6) is -2.74. The van der Waals surface area contributed by atoms with Crippen LogP contribution in [0.4, 0.5) is 0 Å². The quantitative estimate of drug-likeness (QED) is 0.630. The van der Waals surface area contributed by atoms with Crippen molar-refractivity contribution >= 4 is 33.5 Å². The summed E-state index contributed by atoms with van der Waals surface area (Å²) in [6.07, 6.45) is 0. The first-order chi connectivity index (χ1) is 11.0. The van der Waals surface area contributed by atoms with E-state index in [1.807, 2.05) is 4.72 Å². The molecule has 0 unspecified atom stereocenters. The van der Waals surface area contributed by atoms with Gasteiger partial charge in [0.2, 0.25) is 10.0 Å². The molecule has 0 bridgehead atoms. The van der Waals surface area contributed by atoms with Crippen LogP contribution < -0.4 is 20.3 Å². The second-order valence-corrected chi connectivity index (χ2v) is 7.55. The Morgan fingerprint density at radius 1 is 1.38 bits per heavy atom. The number of amides is 1. The van der Waals surface area contributed by atoms with E-state index in [9.17, 15) is 23.1 Å². The van der Waals surface area contributed by atoms with E-state index in [1.54, 1.807) is 6.92 Å². The molecule has 0 spiro atoms. The number of nitrogens with one attached hydrogen (secondary N) is 1. The van der Waals surface area contributed by atoms with Crippen molar-refractivity contribution in [2.24, 2.45) is 11.7 Å². The fourth-order valence-electron chi connectivity index (χ4n) is 1.83. The molecular weight excluding hydrogens is 360 g/mol. The Balaban J connectivity index is 3.25. The zero-order valence-electron chi connectivity index (χ0n) is 13.3. The molecule has 0 aromatic heterocycles. The number of carboxylic acids is 1. The fourth-order valence-corrected chi connectivity index (χ4v) is 3.76. The van der Waals surface area contributed by atoms with Gasteiger partial charge in [-0.15, -0.1) is 0 Å². The summed E-state index contributed by atoms with van der Waals surface area (Å²) < 4.78 is 32.1. The molecule has 134 valence electrons. The molecule has 3 N–H and O–H groups in total. The van der Waals surface area contributed by atoms with Crippen LogP contribution in [0, 0.1) is 12.8 Å². The normalized spacial score (nSPS) is 12.9. The smallest absolute Gasteiger partial charge is 0.255 e. The van der Waals surface area contributed by atoms with Gasteiger partial charge in [-0.1, -0.05) is 25.4 Å². The van der Waals surface area contributed by atoms with Gasteiger partial charge in [0, 0.05) is 6.07 Å². The summed E-state index contributed by atoms with van der Waals surface area (Å²) in [5.41, 5.74) is 5.47. The van der Waals surface area contributed by atoms with Crippen LogP contribution in [0.1, 0.15) is 19.4 Å². The number of carbonyl (C=O) groups is 2. The zero-order chi connectivity index (χ0) is 18.7. The molecule has 0 aliphatic heterocycles. The molecule has 1 amide bonds.